The predicted octanol–water partition coefficient (Wildman–Crippen LogP) is 4.12. The number of hydrogen-bond acceptors (Lipinski definition) is 4. The van der Waals surface area contributed by atoms with Gasteiger partial charge in [-0.1, -0.05) is 30.3 Å². The first-order valence-corrected chi connectivity index (χ1v) is 6.86. The summed E-state index contributed by atoms with van der Waals surface area (Å²) < 4.78 is 10.9. The first-order valence-electron chi connectivity index (χ1n) is 6.86. The molecule has 0 radical (unpaired) electrons. The quantitative estimate of drug-likeness (QED) is 0.557. The van der Waals surface area contributed by atoms with Crippen LogP contribution in [-0.2, 0) is 0 Å². The zero-order valence-electron chi connectivity index (χ0n) is 11.5. The molecule has 2 heterocycles. The second-order valence-corrected chi connectivity index (χ2v) is 4.85. The molecular formula is C18H11NO3. The van der Waals surface area contributed by atoms with Crippen LogP contribution >= 0.6 is 0 Å². The van der Waals surface area contributed by atoms with Crippen LogP contribution in [0.25, 0.3) is 33.7 Å². The summed E-state index contributed by atoms with van der Waals surface area (Å²) in [4.78, 5) is 16.6. The van der Waals surface area contributed by atoms with Gasteiger partial charge < -0.3 is 8.83 Å². The van der Waals surface area contributed by atoms with E-state index in [-0.39, 0.29) is 5.89 Å². The topological polar surface area (TPSA) is 56.2 Å². The number of furan rings is 1. The van der Waals surface area contributed by atoms with Gasteiger partial charge in [0.25, 0.3) is 0 Å². The molecule has 0 N–H and O–H groups in total. The van der Waals surface area contributed by atoms with Crippen LogP contribution in [0.15, 0.2) is 80.6 Å². The maximum Gasteiger partial charge on any atom is 0.347 e. The number of fused-ring (bicyclic) bond motifs is 1. The van der Waals surface area contributed by atoms with Crippen molar-refractivity contribution >= 4 is 10.9 Å². The first kappa shape index (κ1) is 12.6. The van der Waals surface area contributed by atoms with Gasteiger partial charge in [0.05, 0.1) is 17.2 Å². The summed E-state index contributed by atoms with van der Waals surface area (Å²) in [6.45, 7) is 0. The summed E-state index contributed by atoms with van der Waals surface area (Å²) >= 11 is 0. The number of aromatic nitrogens is 1. The van der Waals surface area contributed by atoms with E-state index in [1.54, 1.807) is 24.5 Å². The Kier molecular flexibility index (Phi) is 2.86. The van der Waals surface area contributed by atoms with Crippen LogP contribution in [0.3, 0.4) is 0 Å². The Morgan fingerprint density at radius 2 is 1.59 bits per heavy atom. The minimum Gasteiger partial charge on any atom is -0.464 e. The highest BCUT2D eigenvalue weighted by Gasteiger charge is 2.14. The summed E-state index contributed by atoms with van der Waals surface area (Å²) in [5, 5.41) is 0.474. The van der Waals surface area contributed by atoms with Crippen LogP contribution in [0.5, 0.6) is 0 Å². The largest absolute Gasteiger partial charge is 0.464 e. The molecule has 0 aliphatic heterocycles. The second-order valence-electron chi connectivity index (χ2n) is 4.85. The lowest BCUT2D eigenvalue weighted by molar-refractivity contribution is 0.518. The molecule has 4 rings (SSSR count). The van der Waals surface area contributed by atoms with Crippen LogP contribution in [-0.4, -0.2) is 4.98 Å². The highest BCUT2D eigenvalue weighted by Crippen LogP contribution is 2.31. The Morgan fingerprint density at radius 3 is 2.41 bits per heavy atom. The van der Waals surface area contributed by atoms with Crippen LogP contribution in [0.1, 0.15) is 0 Å². The highest BCUT2D eigenvalue weighted by atomic mass is 16.4. The van der Waals surface area contributed by atoms with E-state index in [4.69, 9.17) is 8.83 Å². The minimum absolute atomic E-state index is 0.288. The summed E-state index contributed by atoms with van der Waals surface area (Å²) in [6.07, 6.45) is 1.61. The van der Waals surface area contributed by atoms with Crippen LogP contribution in [0.4, 0.5) is 0 Å². The van der Waals surface area contributed by atoms with E-state index >= 15 is 0 Å². The van der Waals surface area contributed by atoms with E-state index < -0.39 is 5.63 Å². The van der Waals surface area contributed by atoms with Gasteiger partial charge in [0.2, 0.25) is 5.89 Å². The molecule has 4 heteroatoms. The van der Waals surface area contributed by atoms with E-state index in [1.807, 2.05) is 42.5 Å². The Morgan fingerprint density at radius 1 is 0.818 bits per heavy atom. The molecule has 2 aromatic carbocycles. The fraction of sp³-hybridized carbons (Fsp3) is 0. The van der Waals surface area contributed by atoms with Gasteiger partial charge in [-0.05, 0) is 30.3 Å². The van der Waals surface area contributed by atoms with Crippen LogP contribution < -0.4 is 5.63 Å². The van der Waals surface area contributed by atoms with Crippen LogP contribution in [0.2, 0.25) is 0 Å². The van der Waals surface area contributed by atoms with Crippen molar-refractivity contribution in [3.05, 3.63) is 77.3 Å². The lowest BCUT2D eigenvalue weighted by Crippen LogP contribution is -2.03. The fourth-order valence-electron chi connectivity index (χ4n) is 2.45. The second kappa shape index (κ2) is 5.00. The third kappa shape index (κ3) is 2.02. The lowest BCUT2D eigenvalue weighted by Gasteiger charge is -2.06. The number of para-hydroxylation sites is 1. The molecule has 0 atom stereocenters. The Bertz CT molecular complexity index is 1000. The van der Waals surface area contributed by atoms with Gasteiger partial charge in [-0.15, -0.1) is 0 Å². The number of benzene rings is 2. The molecule has 4 aromatic rings. The molecule has 0 spiro atoms. The average Bonchev–Trinajstić information content (AvgIpc) is 3.09. The van der Waals surface area contributed by atoms with Gasteiger partial charge in [0, 0.05) is 11.1 Å². The lowest BCUT2D eigenvalue weighted by atomic mass is 10.1. The van der Waals surface area contributed by atoms with Gasteiger partial charge in [-0.25, -0.2) is 9.78 Å². The van der Waals surface area contributed by atoms with Crippen LogP contribution in [0, 0.1) is 0 Å². The molecule has 4 nitrogen and oxygen atoms in total. The summed E-state index contributed by atoms with van der Waals surface area (Å²) in [5.41, 5.74) is 1.77. The molecule has 0 aliphatic carbocycles. The summed E-state index contributed by atoms with van der Waals surface area (Å²) in [5.74, 6) is 0.990. The van der Waals surface area contributed by atoms with Crippen molar-refractivity contribution in [2.75, 3.05) is 0 Å². The predicted molar refractivity (Wildman–Crippen MR) is 83.4 cm³/mol. The van der Waals surface area contributed by atoms with Crippen molar-refractivity contribution in [2.45, 2.75) is 0 Å². The van der Waals surface area contributed by atoms with Gasteiger partial charge in [-0.2, -0.15) is 0 Å². The maximum atomic E-state index is 12.1. The van der Waals surface area contributed by atoms with E-state index in [9.17, 15) is 4.79 Å². The van der Waals surface area contributed by atoms with E-state index in [1.165, 1.54) is 0 Å². The van der Waals surface area contributed by atoms with Crippen molar-refractivity contribution in [1.29, 1.82) is 0 Å². The van der Waals surface area contributed by atoms with Gasteiger partial charge >= 0.3 is 5.63 Å². The SMILES string of the molecule is O=c1oc(-c2ccccc2-c2ccco2)nc2ccccc12. The van der Waals surface area contributed by atoms with Crippen molar-refractivity contribution < 1.29 is 8.83 Å². The van der Waals surface area contributed by atoms with Gasteiger partial charge in [0.1, 0.15) is 5.76 Å². The zero-order valence-corrected chi connectivity index (χ0v) is 11.5. The van der Waals surface area contributed by atoms with Gasteiger partial charge in [0.15, 0.2) is 0 Å². The van der Waals surface area contributed by atoms with E-state index in [0.29, 0.717) is 16.7 Å². The number of nitrogens with zero attached hydrogens (tertiary/aromatic N) is 1. The van der Waals surface area contributed by atoms with Crippen molar-refractivity contribution in [2.24, 2.45) is 0 Å². The zero-order chi connectivity index (χ0) is 14.9. The third-order valence-electron chi connectivity index (χ3n) is 3.48. The van der Waals surface area contributed by atoms with Crippen molar-refractivity contribution in [3.8, 4) is 22.8 Å². The number of rotatable bonds is 2. The standard InChI is InChI=1S/C18H11NO3/c20-18-14-8-3-4-9-15(14)19-17(22-18)13-7-2-1-6-12(13)16-10-5-11-21-16/h1-11H. The molecule has 22 heavy (non-hydrogen) atoms. The van der Waals surface area contributed by atoms with E-state index in [2.05, 4.69) is 4.98 Å². The summed E-state index contributed by atoms with van der Waals surface area (Å²) in [7, 11) is 0. The fourth-order valence-corrected chi connectivity index (χ4v) is 2.45. The smallest absolute Gasteiger partial charge is 0.347 e. The van der Waals surface area contributed by atoms with Crippen molar-refractivity contribution in [3.63, 3.8) is 0 Å². The molecule has 0 bridgehead atoms. The number of hydrogen-bond donors (Lipinski definition) is 0. The Balaban J connectivity index is 1.99. The Hall–Kier alpha value is -3.14. The molecule has 0 fully saturated rings. The normalized spacial score (nSPS) is 10.9. The molecule has 0 saturated heterocycles. The van der Waals surface area contributed by atoms with Gasteiger partial charge in [-0.3, -0.25) is 0 Å². The highest BCUT2D eigenvalue weighted by molar-refractivity contribution is 5.82. The average molecular weight is 289 g/mol. The molecule has 0 aliphatic rings. The van der Waals surface area contributed by atoms with Crippen molar-refractivity contribution in [1.82, 2.24) is 4.98 Å². The monoisotopic (exact) mass is 289 g/mol. The summed E-state index contributed by atoms with van der Waals surface area (Å²) in [6, 6.07) is 18.4. The Labute approximate surface area is 125 Å². The first-order chi connectivity index (χ1) is 10.8. The molecule has 0 amide bonds. The maximum absolute atomic E-state index is 12.1. The third-order valence-corrected chi connectivity index (χ3v) is 3.48. The molecule has 106 valence electrons. The molecular weight excluding hydrogens is 278 g/mol. The van der Waals surface area contributed by atoms with E-state index in [0.717, 1.165) is 11.1 Å². The molecule has 0 unspecified atom stereocenters. The molecule has 2 aromatic heterocycles. The minimum atomic E-state index is -0.394. The molecule has 0 saturated carbocycles.